The van der Waals surface area contributed by atoms with Crippen molar-refractivity contribution in [1.29, 1.82) is 0 Å². The lowest BCUT2D eigenvalue weighted by molar-refractivity contribution is -0.125. The second kappa shape index (κ2) is 5.48. The summed E-state index contributed by atoms with van der Waals surface area (Å²) >= 11 is 3.33. The Morgan fingerprint density at radius 1 is 1.29 bits per heavy atom. The first-order chi connectivity index (χ1) is 10.1. The second-order valence-electron chi connectivity index (χ2n) is 5.07. The van der Waals surface area contributed by atoms with Crippen LogP contribution in [0.2, 0.25) is 0 Å². The van der Waals surface area contributed by atoms with Crippen LogP contribution in [0.1, 0.15) is 12.8 Å². The number of nitrogens with one attached hydrogen (secondary N) is 1. The van der Waals surface area contributed by atoms with Crippen molar-refractivity contribution in [3.8, 4) is 5.75 Å². The Hall–Kier alpha value is -1.89. The van der Waals surface area contributed by atoms with Crippen LogP contribution in [0.3, 0.4) is 0 Å². The first kappa shape index (κ1) is 14.1. The van der Waals surface area contributed by atoms with Crippen molar-refractivity contribution < 1.29 is 14.3 Å². The van der Waals surface area contributed by atoms with Gasteiger partial charge in [-0.2, -0.15) is 0 Å². The normalized spacial score (nSPS) is 19.7. The Morgan fingerprint density at radius 3 is 2.52 bits per heavy atom. The molecular weight excluding hydrogens is 338 g/mol. The third-order valence-electron chi connectivity index (χ3n) is 3.80. The highest BCUT2D eigenvalue weighted by atomic mass is 79.9. The van der Waals surface area contributed by atoms with Crippen LogP contribution in [0.25, 0.3) is 0 Å². The van der Waals surface area contributed by atoms with Crippen molar-refractivity contribution >= 4 is 34.3 Å². The first-order valence-electron chi connectivity index (χ1n) is 6.66. The summed E-state index contributed by atoms with van der Waals surface area (Å²) in [5, 5.41) is 2.60. The highest BCUT2D eigenvalue weighted by Gasteiger charge is 2.44. The minimum atomic E-state index is -0.686. The monoisotopic (exact) mass is 351 g/mol. The van der Waals surface area contributed by atoms with Crippen molar-refractivity contribution in [2.45, 2.75) is 18.4 Å². The smallest absolute Gasteiger partial charge is 0.410 e. The molecule has 0 aliphatic carbocycles. The number of carbonyl (C=O) groups excluding carboxylic acids is 2. The fourth-order valence-electron chi connectivity index (χ4n) is 2.49. The van der Waals surface area contributed by atoms with E-state index < -0.39 is 11.6 Å². The lowest BCUT2D eigenvalue weighted by Crippen LogP contribution is -2.50. The van der Waals surface area contributed by atoms with E-state index in [-0.39, 0.29) is 5.91 Å². The third kappa shape index (κ3) is 2.78. The maximum absolute atomic E-state index is 12.1. The van der Waals surface area contributed by atoms with Gasteiger partial charge in [0.05, 0.1) is 6.34 Å². The zero-order chi connectivity index (χ0) is 14.9. The fourth-order valence-corrected chi connectivity index (χ4v) is 2.76. The molecule has 1 spiro atoms. The van der Waals surface area contributed by atoms with Gasteiger partial charge in [0.2, 0.25) is 0 Å². The van der Waals surface area contributed by atoms with Crippen LogP contribution in [0, 0.1) is 0 Å². The van der Waals surface area contributed by atoms with E-state index >= 15 is 0 Å². The van der Waals surface area contributed by atoms with Gasteiger partial charge in [0.25, 0.3) is 5.91 Å². The number of piperidine rings is 1. The van der Waals surface area contributed by atoms with Gasteiger partial charge >= 0.3 is 6.09 Å². The number of amides is 2. The van der Waals surface area contributed by atoms with E-state index in [4.69, 9.17) is 4.74 Å². The number of aliphatic imine (C=N–C) groups is 1. The molecule has 7 heteroatoms. The summed E-state index contributed by atoms with van der Waals surface area (Å²) in [6.07, 6.45) is 2.09. The van der Waals surface area contributed by atoms with Crippen LogP contribution in [0.4, 0.5) is 4.79 Å². The van der Waals surface area contributed by atoms with E-state index in [1.165, 1.54) is 6.34 Å². The van der Waals surface area contributed by atoms with E-state index in [2.05, 4.69) is 26.2 Å². The van der Waals surface area contributed by atoms with Gasteiger partial charge in [-0.05, 0) is 37.1 Å². The lowest BCUT2D eigenvalue weighted by Gasteiger charge is -2.34. The van der Waals surface area contributed by atoms with Crippen molar-refractivity contribution in [3.63, 3.8) is 0 Å². The number of nitrogens with zero attached hydrogens (tertiary/aromatic N) is 2. The van der Waals surface area contributed by atoms with Crippen molar-refractivity contribution in [3.05, 3.63) is 28.7 Å². The summed E-state index contributed by atoms with van der Waals surface area (Å²) in [4.78, 5) is 29.7. The predicted octanol–water partition coefficient (Wildman–Crippen LogP) is 1.94. The molecule has 1 aromatic carbocycles. The van der Waals surface area contributed by atoms with Crippen LogP contribution < -0.4 is 10.1 Å². The number of rotatable bonds is 1. The number of likely N-dealkylation sites (tertiary alicyclic amines) is 1. The van der Waals surface area contributed by atoms with Crippen LogP contribution in [0.15, 0.2) is 33.7 Å². The van der Waals surface area contributed by atoms with Gasteiger partial charge in [0, 0.05) is 17.6 Å². The zero-order valence-corrected chi connectivity index (χ0v) is 12.8. The Bertz CT molecular complexity index is 592. The Morgan fingerprint density at radius 2 is 1.95 bits per heavy atom. The summed E-state index contributed by atoms with van der Waals surface area (Å²) in [6.45, 7) is 0.917. The van der Waals surface area contributed by atoms with Gasteiger partial charge in [-0.15, -0.1) is 0 Å². The minimum Gasteiger partial charge on any atom is -0.410 e. The van der Waals surface area contributed by atoms with E-state index in [1.54, 1.807) is 17.0 Å². The summed E-state index contributed by atoms with van der Waals surface area (Å²) in [5.74, 6) is 0.420. The summed E-state index contributed by atoms with van der Waals surface area (Å²) in [7, 11) is 0. The Balaban J connectivity index is 1.59. The molecule has 0 saturated carbocycles. The summed E-state index contributed by atoms with van der Waals surface area (Å²) in [5.41, 5.74) is -0.686. The third-order valence-corrected chi connectivity index (χ3v) is 4.33. The van der Waals surface area contributed by atoms with Gasteiger partial charge in [0.1, 0.15) is 11.3 Å². The molecule has 0 aromatic heterocycles. The second-order valence-corrected chi connectivity index (χ2v) is 5.99. The molecule has 0 bridgehead atoms. The maximum atomic E-state index is 12.1. The molecule has 1 fully saturated rings. The van der Waals surface area contributed by atoms with Gasteiger partial charge in [-0.3, -0.25) is 9.79 Å². The molecule has 110 valence electrons. The lowest BCUT2D eigenvalue weighted by atomic mass is 9.88. The number of hydrogen-bond acceptors (Lipinski definition) is 4. The number of carbonyl (C=O) groups is 2. The Labute approximate surface area is 130 Å². The number of halogens is 1. The minimum absolute atomic E-state index is 0.0802. The number of ether oxygens (including phenoxy) is 1. The van der Waals surface area contributed by atoms with Gasteiger partial charge in [-0.25, -0.2) is 4.79 Å². The maximum Gasteiger partial charge on any atom is 0.415 e. The van der Waals surface area contributed by atoms with Crippen LogP contribution in [0.5, 0.6) is 5.75 Å². The average molecular weight is 352 g/mol. The van der Waals surface area contributed by atoms with E-state index in [9.17, 15) is 9.59 Å². The number of hydrogen-bond donors (Lipinski definition) is 1. The van der Waals surface area contributed by atoms with Crippen LogP contribution >= 0.6 is 15.9 Å². The predicted molar refractivity (Wildman–Crippen MR) is 80.3 cm³/mol. The first-order valence-corrected chi connectivity index (χ1v) is 7.45. The molecule has 3 rings (SSSR count). The van der Waals surface area contributed by atoms with Gasteiger partial charge in [-0.1, -0.05) is 15.9 Å². The molecule has 2 aliphatic heterocycles. The molecule has 6 nitrogen and oxygen atoms in total. The topological polar surface area (TPSA) is 71.0 Å². The van der Waals surface area contributed by atoms with Crippen molar-refractivity contribution in [1.82, 2.24) is 10.2 Å². The summed E-state index contributed by atoms with van der Waals surface area (Å²) in [6, 6.07) is 7.07. The quantitative estimate of drug-likeness (QED) is 0.840. The largest absolute Gasteiger partial charge is 0.415 e. The molecule has 2 amide bonds. The summed E-state index contributed by atoms with van der Waals surface area (Å²) < 4.78 is 6.24. The molecule has 1 aromatic rings. The number of benzene rings is 1. The molecule has 21 heavy (non-hydrogen) atoms. The average Bonchev–Trinajstić information content (AvgIpc) is 2.83. The van der Waals surface area contributed by atoms with Crippen LogP contribution in [-0.2, 0) is 4.79 Å². The van der Waals surface area contributed by atoms with Crippen molar-refractivity contribution in [2.75, 3.05) is 13.1 Å². The molecule has 2 aliphatic rings. The standard InChI is InChI=1S/C14H14BrN3O3/c15-10-1-3-11(4-2-10)21-13(20)18-7-5-14(6-8-18)12(19)16-9-17-14/h1-4,9H,5-8H2,(H,16,17,19). The van der Waals surface area contributed by atoms with E-state index in [1.807, 2.05) is 12.1 Å². The van der Waals surface area contributed by atoms with Crippen molar-refractivity contribution in [2.24, 2.45) is 4.99 Å². The Kier molecular flexibility index (Phi) is 3.67. The molecule has 2 heterocycles. The van der Waals surface area contributed by atoms with E-state index in [0.717, 1.165) is 4.47 Å². The van der Waals surface area contributed by atoms with Crippen LogP contribution in [-0.4, -0.2) is 41.9 Å². The highest BCUT2D eigenvalue weighted by molar-refractivity contribution is 9.10. The zero-order valence-electron chi connectivity index (χ0n) is 11.2. The van der Waals surface area contributed by atoms with Gasteiger partial charge < -0.3 is 15.0 Å². The SMILES string of the molecule is O=C(Oc1ccc(Br)cc1)N1CCC2(CC1)N=CNC2=O. The molecule has 0 radical (unpaired) electrons. The molecular formula is C14H14BrN3O3. The molecule has 1 saturated heterocycles. The molecule has 1 N–H and O–H groups in total. The molecule has 0 unspecified atom stereocenters. The molecule has 0 atom stereocenters. The fraction of sp³-hybridized carbons (Fsp3) is 0.357. The van der Waals surface area contributed by atoms with Gasteiger partial charge in [0.15, 0.2) is 0 Å². The highest BCUT2D eigenvalue weighted by Crippen LogP contribution is 2.29. The van der Waals surface area contributed by atoms with E-state index in [0.29, 0.717) is 31.7 Å².